The van der Waals surface area contributed by atoms with Gasteiger partial charge in [-0.3, -0.25) is 9.59 Å². The van der Waals surface area contributed by atoms with Crippen molar-refractivity contribution in [1.82, 2.24) is 9.88 Å². The number of carbonyl (C=O) groups excluding carboxylic acids is 2. The smallest absolute Gasteiger partial charge is 0.229 e. The van der Waals surface area contributed by atoms with Crippen LogP contribution in [0.4, 0.5) is 5.69 Å². The molecule has 0 aliphatic carbocycles. The van der Waals surface area contributed by atoms with Crippen LogP contribution in [0.2, 0.25) is 0 Å². The second-order valence-corrected chi connectivity index (χ2v) is 8.27. The molecule has 1 saturated heterocycles. The van der Waals surface area contributed by atoms with E-state index in [1.165, 1.54) is 16.5 Å². The zero-order chi connectivity index (χ0) is 19.7. The van der Waals surface area contributed by atoms with Gasteiger partial charge in [-0.25, -0.2) is 0 Å². The van der Waals surface area contributed by atoms with Crippen LogP contribution >= 0.6 is 15.9 Å². The molecule has 5 nitrogen and oxygen atoms in total. The molecular weight excluding hydrogens is 418 g/mol. The maximum Gasteiger partial charge on any atom is 0.229 e. The van der Waals surface area contributed by atoms with Gasteiger partial charge in [0.15, 0.2) is 0 Å². The number of fused-ring (bicyclic) bond motifs is 1. The van der Waals surface area contributed by atoms with Gasteiger partial charge in [-0.05, 0) is 49.2 Å². The second kappa shape index (κ2) is 7.80. The van der Waals surface area contributed by atoms with Crippen molar-refractivity contribution >= 4 is 44.3 Å². The van der Waals surface area contributed by atoms with E-state index in [1.54, 1.807) is 4.90 Å². The summed E-state index contributed by atoms with van der Waals surface area (Å²) < 4.78 is 0.906. The molecule has 0 spiro atoms. The Labute approximate surface area is 172 Å². The Morgan fingerprint density at radius 3 is 2.96 bits per heavy atom. The molecule has 0 radical (unpaired) electrons. The molecule has 1 atom stereocenters. The molecule has 3 aromatic rings. The Morgan fingerprint density at radius 1 is 1.29 bits per heavy atom. The fourth-order valence-corrected chi connectivity index (χ4v) is 4.13. The average molecular weight is 440 g/mol. The molecule has 1 aromatic heterocycles. The fraction of sp³-hybridized carbons (Fsp3) is 0.273. The predicted molar refractivity (Wildman–Crippen MR) is 114 cm³/mol. The lowest BCUT2D eigenvalue weighted by Crippen LogP contribution is -2.30. The Kier molecular flexibility index (Phi) is 5.22. The van der Waals surface area contributed by atoms with Crippen molar-refractivity contribution in [3.63, 3.8) is 0 Å². The summed E-state index contributed by atoms with van der Waals surface area (Å²) >= 11 is 3.40. The Bertz CT molecular complexity index is 1040. The summed E-state index contributed by atoms with van der Waals surface area (Å²) in [6.07, 6.45) is 3.06. The number of hydrogen-bond acceptors (Lipinski definition) is 2. The largest absolute Gasteiger partial charge is 0.361 e. The summed E-state index contributed by atoms with van der Waals surface area (Å²) in [5.74, 6) is -0.362. The van der Waals surface area contributed by atoms with E-state index in [2.05, 4.69) is 51.4 Å². The summed E-state index contributed by atoms with van der Waals surface area (Å²) in [5.41, 5.74) is 4.27. The zero-order valence-corrected chi connectivity index (χ0v) is 17.3. The minimum absolute atomic E-state index is 0.0467. The number of hydrogen-bond donors (Lipinski definition) is 2. The van der Waals surface area contributed by atoms with E-state index in [1.807, 2.05) is 30.5 Å². The van der Waals surface area contributed by atoms with Gasteiger partial charge in [-0.15, -0.1) is 0 Å². The standard InChI is InChI=1S/C22H22BrN3O2/c1-14-5-6-20-19(9-14)15(12-24-20)7-8-26-13-16(10-21(26)27)22(28)25-18-4-2-3-17(23)11-18/h2-6,9,11-12,16,24H,7-8,10,13H2,1H3,(H,25,28)/t16-/m1/s1. The minimum Gasteiger partial charge on any atom is -0.361 e. The van der Waals surface area contributed by atoms with Crippen molar-refractivity contribution in [2.24, 2.45) is 5.92 Å². The van der Waals surface area contributed by atoms with Crippen molar-refractivity contribution in [3.05, 3.63) is 64.3 Å². The lowest BCUT2D eigenvalue weighted by molar-refractivity contribution is -0.128. The number of benzene rings is 2. The predicted octanol–water partition coefficient (Wildman–Crippen LogP) is 4.27. The van der Waals surface area contributed by atoms with Gasteiger partial charge in [0, 0.05) is 46.8 Å². The van der Waals surface area contributed by atoms with Crippen molar-refractivity contribution in [3.8, 4) is 0 Å². The maximum absolute atomic E-state index is 12.6. The summed E-state index contributed by atoms with van der Waals surface area (Å²) in [6, 6.07) is 13.8. The van der Waals surface area contributed by atoms with E-state index in [0.29, 0.717) is 13.1 Å². The van der Waals surface area contributed by atoms with Gasteiger partial charge in [0.05, 0.1) is 5.92 Å². The summed E-state index contributed by atoms with van der Waals surface area (Å²) in [5, 5.41) is 4.12. The van der Waals surface area contributed by atoms with Crippen molar-refractivity contribution < 1.29 is 9.59 Å². The number of anilines is 1. The van der Waals surface area contributed by atoms with Gasteiger partial charge >= 0.3 is 0 Å². The van der Waals surface area contributed by atoms with Crippen LogP contribution in [0.3, 0.4) is 0 Å². The van der Waals surface area contributed by atoms with E-state index in [-0.39, 0.29) is 24.2 Å². The summed E-state index contributed by atoms with van der Waals surface area (Å²) in [7, 11) is 0. The van der Waals surface area contributed by atoms with E-state index in [4.69, 9.17) is 0 Å². The second-order valence-electron chi connectivity index (χ2n) is 7.35. The molecule has 2 heterocycles. The third kappa shape index (κ3) is 3.97. The fourth-order valence-electron chi connectivity index (χ4n) is 3.73. The first-order chi connectivity index (χ1) is 13.5. The van der Waals surface area contributed by atoms with Crippen LogP contribution in [0.15, 0.2) is 53.1 Å². The Hall–Kier alpha value is -2.60. The van der Waals surface area contributed by atoms with Gasteiger partial charge in [0.1, 0.15) is 0 Å². The van der Waals surface area contributed by atoms with Crippen LogP contribution in [0, 0.1) is 12.8 Å². The lowest BCUT2D eigenvalue weighted by Gasteiger charge is -2.16. The quantitative estimate of drug-likeness (QED) is 0.623. The number of likely N-dealkylation sites (tertiary alicyclic amines) is 1. The van der Waals surface area contributed by atoms with Crippen LogP contribution < -0.4 is 5.32 Å². The molecule has 1 fully saturated rings. The molecule has 0 saturated carbocycles. The lowest BCUT2D eigenvalue weighted by atomic mass is 10.1. The Morgan fingerprint density at radius 2 is 2.14 bits per heavy atom. The monoisotopic (exact) mass is 439 g/mol. The van der Waals surface area contributed by atoms with Crippen molar-refractivity contribution in [1.29, 1.82) is 0 Å². The number of H-pyrrole nitrogens is 1. The number of rotatable bonds is 5. The van der Waals surface area contributed by atoms with Gasteiger partial charge in [-0.1, -0.05) is 33.6 Å². The topological polar surface area (TPSA) is 65.2 Å². The first-order valence-electron chi connectivity index (χ1n) is 9.40. The Balaban J connectivity index is 1.38. The molecule has 2 amide bonds. The van der Waals surface area contributed by atoms with Crippen LogP contribution in [-0.2, 0) is 16.0 Å². The van der Waals surface area contributed by atoms with Crippen LogP contribution in [0.1, 0.15) is 17.5 Å². The first-order valence-corrected chi connectivity index (χ1v) is 10.2. The number of nitrogens with one attached hydrogen (secondary N) is 2. The molecule has 2 aromatic carbocycles. The van der Waals surface area contributed by atoms with Crippen LogP contribution in [0.5, 0.6) is 0 Å². The van der Waals surface area contributed by atoms with E-state index in [0.717, 1.165) is 22.1 Å². The number of aryl methyl sites for hydroxylation is 1. The van der Waals surface area contributed by atoms with Crippen LogP contribution in [-0.4, -0.2) is 34.8 Å². The highest BCUT2D eigenvalue weighted by Crippen LogP contribution is 2.24. The molecule has 1 aliphatic rings. The molecule has 1 aliphatic heterocycles. The normalized spacial score (nSPS) is 16.7. The number of aromatic nitrogens is 1. The van der Waals surface area contributed by atoms with E-state index >= 15 is 0 Å². The highest BCUT2D eigenvalue weighted by Gasteiger charge is 2.34. The van der Waals surface area contributed by atoms with Gasteiger partial charge < -0.3 is 15.2 Å². The summed E-state index contributed by atoms with van der Waals surface area (Å²) in [4.78, 5) is 30.1. The minimum atomic E-state index is -0.309. The molecule has 0 bridgehead atoms. The highest BCUT2D eigenvalue weighted by molar-refractivity contribution is 9.10. The van der Waals surface area contributed by atoms with E-state index < -0.39 is 0 Å². The number of halogens is 1. The van der Waals surface area contributed by atoms with Gasteiger partial charge in [-0.2, -0.15) is 0 Å². The molecule has 4 rings (SSSR count). The summed E-state index contributed by atoms with van der Waals surface area (Å²) in [6.45, 7) is 3.18. The highest BCUT2D eigenvalue weighted by atomic mass is 79.9. The third-order valence-electron chi connectivity index (χ3n) is 5.25. The first kappa shape index (κ1) is 18.7. The van der Waals surface area contributed by atoms with Crippen LogP contribution in [0.25, 0.3) is 10.9 Å². The SMILES string of the molecule is Cc1ccc2[nH]cc(CCN3C[C@H](C(=O)Nc4cccc(Br)c4)CC3=O)c2c1. The van der Waals surface area contributed by atoms with Gasteiger partial charge in [0.25, 0.3) is 0 Å². The molecular formula is C22H22BrN3O2. The number of aromatic amines is 1. The van der Waals surface area contributed by atoms with E-state index in [9.17, 15) is 9.59 Å². The molecule has 144 valence electrons. The van der Waals surface area contributed by atoms with Gasteiger partial charge in [0.2, 0.25) is 11.8 Å². The third-order valence-corrected chi connectivity index (χ3v) is 5.74. The molecule has 6 heteroatoms. The number of carbonyl (C=O) groups is 2. The van der Waals surface area contributed by atoms with Crippen molar-refractivity contribution in [2.75, 3.05) is 18.4 Å². The number of amides is 2. The number of nitrogens with zero attached hydrogens (tertiary/aromatic N) is 1. The zero-order valence-electron chi connectivity index (χ0n) is 15.7. The molecule has 2 N–H and O–H groups in total. The van der Waals surface area contributed by atoms with Crippen molar-refractivity contribution in [2.45, 2.75) is 19.8 Å². The maximum atomic E-state index is 12.6. The molecule has 0 unspecified atom stereocenters. The average Bonchev–Trinajstić information content (AvgIpc) is 3.23. The molecule has 28 heavy (non-hydrogen) atoms.